The zero-order valence-corrected chi connectivity index (χ0v) is 13.1. The van der Waals surface area contributed by atoms with Gasteiger partial charge in [0.05, 0.1) is 6.61 Å². The summed E-state index contributed by atoms with van der Waals surface area (Å²) in [5.41, 5.74) is 0.528. The Bertz CT molecular complexity index is 660. The van der Waals surface area contributed by atoms with Gasteiger partial charge >= 0.3 is 0 Å². The lowest BCUT2D eigenvalue weighted by Crippen LogP contribution is -2.11. The van der Waals surface area contributed by atoms with Crippen molar-refractivity contribution in [1.82, 2.24) is 0 Å². The Hall–Kier alpha value is -1.53. The topological polar surface area (TPSA) is 55.4 Å². The molecule has 0 bridgehead atoms. The molecule has 1 aromatic carbocycles. The molecule has 0 aliphatic rings. The maximum atomic E-state index is 12.2. The molecule has 0 atom stereocenters. The van der Waals surface area contributed by atoms with Crippen LogP contribution in [0.2, 0.25) is 0 Å². The number of sulfonamides is 1. The van der Waals surface area contributed by atoms with Crippen molar-refractivity contribution in [3.63, 3.8) is 0 Å². The third-order valence-electron chi connectivity index (χ3n) is 2.67. The van der Waals surface area contributed by atoms with Crippen molar-refractivity contribution < 1.29 is 13.2 Å². The summed E-state index contributed by atoms with van der Waals surface area (Å²) in [6.45, 7) is 4.49. The van der Waals surface area contributed by atoms with Gasteiger partial charge in [-0.2, -0.15) is 0 Å². The average Bonchev–Trinajstić information content (AvgIpc) is 2.91. The van der Waals surface area contributed by atoms with Gasteiger partial charge in [0, 0.05) is 10.6 Å². The van der Waals surface area contributed by atoms with E-state index in [0.29, 0.717) is 16.5 Å². The summed E-state index contributed by atoms with van der Waals surface area (Å²) in [5.74, 6) is 0.722. The summed E-state index contributed by atoms with van der Waals surface area (Å²) in [6, 6.07) is 10.4. The minimum atomic E-state index is -3.50. The largest absolute Gasteiger partial charge is 0.494 e. The minimum Gasteiger partial charge on any atom is -0.494 e. The normalized spacial score (nSPS) is 11.3. The van der Waals surface area contributed by atoms with Gasteiger partial charge in [0.15, 0.2) is 0 Å². The fourth-order valence-electron chi connectivity index (χ4n) is 1.68. The monoisotopic (exact) mass is 311 g/mol. The number of hydrogen-bond donors (Lipinski definition) is 1. The molecule has 1 N–H and O–H groups in total. The van der Waals surface area contributed by atoms with Gasteiger partial charge in [-0.25, -0.2) is 8.42 Å². The van der Waals surface area contributed by atoms with Gasteiger partial charge in [-0.15, -0.1) is 11.3 Å². The average molecular weight is 311 g/mol. The summed E-state index contributed by atoms with van der Waals surface area (Å²) >= 11 is 1.30. The summed E-state index contributed by atoms with van der Waals surface area (Å²) < 4.78 is 32.6. The van der Waals surface area contributed by atoms with Gasteiger partial charge in [-0.05, 0) is 49.7 Å². The second-order valence-electron chi connectivity index (χ2n) is 4.14. The Kier molecular flexibility index (Phi) is 4.67. The number of nitrogens with one attached hydrogen (secondary N) is 1. The molecule has 0 radical (unpaired) electrons. The Balaban J connectivity index is 2.15. The summed E-state index contributed by atoms with van der Waals surface area (Å²) in [6.07, 6.45) is 0.837. The molecule has 0 unspecified atom stereocenters. The van der Waals surface area contributed by atoms with Gasteiger partial charge in [0.2, 0.25) is 0 Å². The van der Waals surface area contributed by atoms with Crippen molar-refractivity contribution in [3.8, 4) is 5.75 Å². The summed E-state index contributed by atoms with van der Waals surface area (Å²) in [4.78, 5) is 1.05. The fraction of sp³-hybridized carbons (Fsp3) is 0.286. The van der Waals surface area contributed by atoms with Crippen LogP contribution in [0.4, 0.5) is 5.69 Å². The highest BCUT2D eigenvalue weighted by Gasteiger charge is 2.16. The Labute approximate surface area is 123 Å². The number of benzene rings is 1. The summed E-state index contributed by atoms with van der Waals surface area (Å²) in [5, 5.41) is 0. The SMILES string of the molecule is CCOc1ccc(NS(=O)(=O)c2ccc(CC)s2)cc1. The molecule has 1 heterocycles. The van der Waals surface area contributed by atoms with Crippen LogP contribution < -0.4 is 9.46 Å². The van der Waals surface area contributed by atoms with Crippen LogP contribution in [0.15, 0.2) is 40.6 Å². The number of aryl methyl sites for hydroxylation is 1. The third kappa shape index (κ3) is 3.52. The van der Waals surface area contributed by atoms with Gasteiger partial charge < -0.3 is 4.74 Å². The van der Waals surface area contributed by atoms with Crippen LogP contribution in [0.1, 0.15) is 18.7 Å². The van der Waals surface area contributed by atoms with Gasteiger partial charge in [0.1, 0.15) is 9.96 Å². The Morgan fingerprint density at radius 2 is 1.80 bits per heavy atom. The molecule has 0 fully saturated rings. The van der Waals surface area contributed by atoms with Crippen molar-refractivity contribution in [2.75, 3.05) is 11.3 Å². The molecule has 6 heteroatoms. The third-order valence-corrected chi connectivity index (χ3v) is 5.77. The molecule has 0 amide bonds. The lowest BCUT2D eigenvalue weighted by molar-refractivity contribution is 0.340. The first-order valence-electron chi connectivity index (χ1n) is 6.39. The van der Waals surface area contributed by atoms with Crippen LogP contribution in [-0.4, -0.2) is 15.0 Å². The lowest BCUT2D eigenvalue weighted by Gasteiger charge is -2.07. The molecule has 0 spiro atoms. The maximum absolute atomic E-state index is 12.2. The molecule has 2 rings (SSSR count). The number of rotatable bonds is 6. The highest BCUT2D eigenvalue weighted by Crippen LogP contribution is 2.25. The van der Waals surface area contributed by atoms with Crippen LogP contribution >= 0.6 is 11.3 Å². The molecular formula is C14H17NO3S2. The van der Waals surface area contributed by atoms with E-state index in [2.05, 4.69) is 4.72 Å². The van der Waals surface area contributed by atoms with Crippen molar-refractivity contribution in [3.05, 3.63) is 41.3 Å². The van der Waals surface area contributed by atoms with Gasteiger partial charge in [-0.3, -0.25) is 4.72 Å². The Morgan fingerprint density at radius 1 is 1.10 bits per heavy atom. The van der Waals surface area contributed by atoms with Gasteiger partial charge in [0.25, 0.3) is 10.0 Å². The smallest absolute Gasteiger partial charge is 0.271 e. The second kappa shape index (κ2) is 6.28. The molecule has 1 aromatic heterocycles. The predicted molar refractivity (Wildman–Crippen MR) is 82.1 cm³/mol. The number of ether oxygens (including phenoxy) is 1. The van der Waals surface area contributed by atoms with E-state index < -0.39 is 10.0 Å². The molecule has 0 saturated heterocycles. The molecule has 108 valence electrons. The van der Waals surface area contributed by atoms with Crippen LogP contribution in [0, 0.1) is 0 Å². The van der Waals surface area contributed by atoms with E-state index in [-0.39, 0.29) is 0 Å². The zero-order valence-electron chi connectivity index (χ0n) is 11.4. The van der Waals surface area contributed by atoms with E-state index in [9.17, 15) is 8.42 Å². The maximum Gasteiger partial charge on any atom is 0.271 e. The van der Waals surface area contributed by atoms with E-state index in [1.54, 1.807) is 30.3 Å². The molecule has 0 aliphatic heterocycles. The lowest BCUT2D eigenvalue weighted by atomic mass is 10.3. The summed E-state index contributed by atoms with van der Waals surface area (Å²) in [7, 11) is -3.50. The standard InChI is InChI=1S/C14H17NO3S2/c1-3-13-9-10-14(19-13)20(16,17)15-11-5-7-12(8-6-11)18-4-2/h5-10,15H,3-4H2,1-2H3. The van der Waals surface area contributed by atoms with Crippen molar-refractivity contribution in [2.24, 2.45) is 0 Å². The molecule has 2 aromatic rings. The second-order valence-corrected chi connectivity index (χ2v) is 7.21. The molecular weight excluding hydrogens is 294 g/mol. The van der Waals surface area contributed by atoms with Crippen molar-refractivity contribution in [2.45, 2.75) is 24.5 Å². The molecule has 0 saturated carbocycles. The van der Waals surface area contributed by atoms with Crippen molar-refractivity contribution >= 4 is 27.0 Å². The Morgan fingerprint density at radius 3 is 2.35 bits per heavy atom. The predicted octanol–water partition coefficient (Wildman–Crippen LogP) is 3.51. The quantitative estimate of drug-likeness (QED) is 0.888. The molecule has 0 aliphatic carbocycles. The van der Waals surface area contributed by atoms with E-state index >= 15 is 0 Å². The highest BCUT2D eigenvalue weighted by atomic mass is 32.2. The van der Waals surface area contributed by atoms with Crippen molar-refractivity contribution in [1.29, 1.82) is 0 Å². The zero-order chi connectivity index (χ0) is 14.6. The van der Waals surface area contributed by atoms with Crippen LogP contribution in [-0.2, 0) is 16.4 Å². The van der Waals surface area contributed by atoms with E-state index in [1.165, 1.54) is 11.3 Å². The minimum absolute atomic E-state index is 0.336. The number of anilines is 1. The van der Waals surface area contributed by atoms with Crippen LogP contribution in [0.3, 0.4) is 0 Å². The van der Waals surface area contributed by atoms with Gasteiger partial charge in [-0.1, -0.05) is 6.92 Å². The van der Waals surface area contributed by atoms with Crippen LogP contribution in [0.5, 0.6) is 5.75 Å². The first kappa shape index (κ1) is 14.9. The first-order valence-corrected chi connectivity index (χ1v) is 8.69. The number of hydrogen-bond acceptors (Lipinski definition) is 4. The van der Waals surface area contributed by atoms with E-state index in [4.69, 9.17) is 4.74 Å². The highest BCUT2D eigenvalue weighted by molar-refractivity contribution is 7.94. The van der Waals surface area contributed by atoms with E-state index in [0.717, 1.165) is 17.0 Å². The molecule has 4 nitrogen and oxygen atoms in total. The van der Waals surface area contributed by atoms with Crippen LogP contribution in [0.25, 0.3) is 0 Å². The van der Waals surface area contributed by atoms with E-state index in [1.807, 2.05) is 19.9 Å². The first-order chi connectivity index (χ1) is 9.55. The fourth-order valence-corrected chi connectivity index (χ4v) is 4.04. The number of thiophene rings is 1. The molecule has 20 heavy (non-hydrogen) atoms.